The number of H-pyrrole nitrogens is 4. The number of carbonyl (C=O) groups excluding carboxylic acids is 3. The van der Waals surface area contributed by atoms with Gasteiger partial charge in [0.25, 0.3) is 0 Å². The van der Waals surface area contributed by atoms with E-state index in [2.05, 4.69) is 87.3 Å². The zero-order chi connectivity index (χ0) is 62.4. The summed E-state index contributed by atoms with van der Waals surface area (Å²) in [6.07, 6.45) is 16.4. The Labute approximate surface area is 522 Å². The van der Waals surface area contributed by atoms with Crippen LogP contribution in [-0.4, -0.2) is 148 Å². The maximum atomic E-state index is 12.6. The van der Waals surface area contributed by atoms with Crippen LogP contribution in [-0.2, 0) is 61.3 Å². The maximum Gasteiger partial charge on any atom is 0.488 e. The number of aromatic nitrogens is 12. The Kier molecular flexibility index (Phi) is 21.2. The molecule has 0 saturated heterocycles. The summed E-state index contributed by atoms with van der Waals surface area (Å²) < 4.78 is 11.6. The number of ether oxygens (including phenoxy) is 2. The molecule has 4 amide bonds. The van der Waals surface area contributed by atoms with E-state index in [4.69, 9.17) is 31.1 Å². The summed E-state index contributed by atoms with van der Waals surface area (Å²) >= 11 is 9.34. The lowest BCUT2D eigenvalue weighted by atomic mass is 9.81. The quantitative estimate of drug-likeness (QED) is 0.0746. The second-order valence-corrected chi connectivity index (χ2v) is 24.0. The van der Waals surface area contributed by atoms with Crippen molar-refractivity contribution >= 4 is 64.0 Å². The van der Waals surface area contributed by atoms with Crippen molar-refractivity contribution in [2.45, 2.75) is 105 Å². The van der Waals surface area contributed by atoms with Crippen molar-refractivity contribution in [1.82, 2.24) is 80.7 Å². The molecule has 1 aromatic carbocycles. The highest BCUT2D eigenvalue weighted by Gasteiger charge is 2.31. The number of rotatable bonds is 5. The maximum absolute atomic E-state index is 12.6. The summed E-state index contributed by atoms with van der Waals surface area (Å²) in [4.78, 5) is 57.8. The number of urea groups is 1. The van der Waals surface area contributed by atoms with Crippen LogP contribution in [0.1, 0.15) is 86.6 Å². The topological polar surface area (TPSA) is 310 Å². The number of halogens is 2. The van der Waals surface area contributed by atoms with E-state index in [-0.39, 0.29) is 18.2 Å². The lowest BCUT2D eigenvalue weighted by Crippen LogP contribution is -2.39. The van der Waals surface area contributed by atoms with Crippen LogP contribution < -0.4 is 16.1 Å². The highest BCUT2D eigenvalue weighted by atomic mass is 79.9. The molecule has 0 spiro atoms. The summed E-state index contributed by atoms with van der Waals surface area (Å²) in [6.45, 7) is 16.7. The first-order chi connectivity index (χ1) is 42.3. The first kappa shape index (κ1) is 63.7. The van der Waals surface area contributed by atoms with E-state index < -0.39 is 18.3 Å². The molecule has 9 aromatic rings. The van der Waals surface area contributed by atoms with E-state index in [1.165, 1.54) is 23.7 Å². The summed E-state index contributed by atoms with van der Waals surface area (Å²) in [5.74, 6) is 0. The molecule has 8 N–H and O–H groups in total. The molecular weight excluding hydrogens is 1210 g/mol. The molecule has 0 bridgehead atoms. The molecule has 0 aliphatic carbocycles. The molecule has 0 fully saturated rings. The number of pyridine rings is 4. The number of aromatic amines is 4. The van der Waals surface area contributed by atoms with Gasteiger partial charge in [0.15, 0.2) is 0 Å². The number of hydrogen-bond donors (Lipinski definition) is 8. The van der Waals surface area contributed by atoms with Gasteiger partial charge < -0.3 is 44.9 Å². The first-order valence-corrected chi connectivity index (χ1v) is 29.8. The predicted molar refractivity (Wildman–Crippen MR) is 336 cm³/mol. The van der Waals surface area contributed by atoms with E-state index in [0.717, 1.165) is 111 Å². The van der Waals surface area contributed by atoms with Gasteiger partial charge in [-0.1, -0.05) is 17.7 Å². The van der Waals surface area contributed by atoms with Crippen LogP contribution in [0.4, 0.5) is 20.1 Å². The monoisotopic (exact) mass is 1280 g/mol. The number of fused-ring (bicyclic) bond motifs is 4. The Balaban J connectivity index is 0.000000135. The van der Waals surface area contributed by atoms with Crippen LogP contribution in [0.2, 0.25) is 5.02 Å². The SMILES string of the molecule is CC(C)(C)OC(=O)N1CCc2[nH]nc(-c3ccncc3)c2C1.CC(C)(C)OC(=O)N1CCc2[nH]nc(Br)c2C1.O=C(Nc1cccc(Cl)c1)N1CCc2[nH]nc(-c3ccncc3)c2C1.OB(O)c1ccncc1.c1cc(-c2n[nH]c3c2CNCC3)ccn1. The van der Waals surface area contributed by atoms with Crippen molar-refractivity contribution in [3.8, 4) is 33.8 Å². The minimum absolute atomic E-state index is 0.144. The highest BCUT2D eigenvalue weighted by Crippen LogP contribution is 2.31. The van der Waals surface area contributed by atoms with Gasteiger partial charge >= 0.3 is 25.3 Å². The number of nitrogens with one attached hydrogen (secondary N) is 6. The number of carbonyl (C=O) groups is 3. The van der Waals surface area contributed by atoms with E-state index in [9.17, 15) is 14.4 Å². The van der Waals surface area contributed by atoms with Crippen LogP contribution >= 0.6 is 27.5 Å². The van der Waals surface area contributed by atoms with Crippen molar-refractivity contribution in [1.29, 1.82) is 0 Å². The fraction of sp³-hybridized carbons (Fsp3) is 0.328. The molecule has 27 heteroatoms. The van der Waals surface area contributed by atoms with Gasteiger partial charge in [-0.3, -0.25) is 40.3 Å². The molecule has 0 saturated carbocycles. The van der Waals surface area contributed by atoms with E-state index in [1.807, 2.05) is 90.1 Å². The van der Waals surface area contributed by atoms with Crippen LogP contribution in [0.5, 0.6) is 0 Å². The van der Waals surface area contributed by atoms with Crippen LogP contribution in [0.15, 0.2) is 127 Å². The minimum atomic E-state index is -1.38. The largest absolute Gasteiger partial charge is 0.488 e. The number of nitrogens with zero attached hydrogens (tertiary/aromatic N) is 11. The van der Waals surface area contributed by atoms with Gasteiger partial charge in [0.05, 0.1) is 36.7 Å². The molecule has 4 aliphatic rings. The zero-order valence-corrected chi connectivity index (χ0v) is 52.1. The summed E-state index contributed by atoms with van der Waals surface area (Å²) in [5.41, 5.74) is 15.1. The van der Waals surface area contributed by atoms with Gasteiger partial charge in [-0.2, -0.15) is 20.4 Å². The van der Waals surface area contributed by atoms with Crippen LogP contribution in [0, 0.1) is 0 Å². The molecule has 0 unspecified atom stereocenters. The third-order valence-electron chi connectivity index (χ3n) is 14.1. The van der Waals surface area contributed by atoms with E-state index in [0.29, 0.717) is 55.4 Å². The summed E-state index contributed by atoms with van der Waals surface area (Å²) in [7, 11) is -1.38. The molecule has 458 valence electrons. The number of amides is 4. The Hall–Kier alpha value is -8.82. The van der Waals surface area contributed by atoms with Gasteiger partial charge in [0, 0.05) is 180 Å². The van der Waals surface area contributed by atoms with Gasteiger partial charge in [-0.25, -0.2) is 14.4 Å². The third-order valence-corrected chi connectivity index (χ3v) is 15.0. The van der Waals surface area contributed by atoms with Crippen LogP contribution in [0.3, 0.4) is 0 Å². The minimum Gasteiger partial charge on any atom is -0.444 e. The second kappa shape index (κ2) is 29.3. The zero-order valence-electron chi connectivity index (χ0n) is 49.7. The number of anilines is 1. The highest BCUT2D eigenvalue weighted by molar-refractivity contribution is 9.10. The van der Waals surface area contributed by atoms with Crippen molar-refractivity contribution in [2.24, 2.45) is 0 Å². The fourth-order valence-corrected chi connectivity index (χ4v) is 10.4. The van der Waals surface area contributed by atoms with Crippen molar-refractivity contribution in [2.75, 3.05) is 31.5 Å². The lowest BCUT2D eigenvalue weighted by Gasteiger charge is -2.30. The molecular formula is C61H70BBrClN17O7. The second-order valence-electron chi connectivity index (χ2n) is 22.8. The molecule has 8 aromatic heterocycles. The van der Waals surface area contributed by atoms with Crippen LogP contribution in [0.25, 0.3) is 33.8 Å². The molecule has 13 rings (SSSR count). The van der Waals surface area contributed by atoms with Gasteiger partial charge in [0.2, 0.25) is 0 Å². The smallest absolute Gasteiger partial charge is 0.444 e. The lowest BCUT2D eigenvalue weighted by molar-refractivity contribution is 0.0213. The van der Waals surface area contributed by atoms with Crippen molar-refractivity contribution in [3.63, 3.8) is 0 Å². The normalized spacial score (nSPS) is 14.0. The Morgan fingerprint density at radius 1 is 0.557 bits per heavy atom. The van der Waals surface area contributed by atoms with Gasteiger partial charge in [0.1, 0.15) is 15.8 Å². The third kappa shape index (κ3) is 17.2. The Morgan fingerprint density at radius 2 is 0.966 bits per heavy atom. The summed E-state index contributed by atoms with van der Waals surface area (Å²) in [6, 6.07) is 21.7. The molecule has 24 nitrogen and oxygen atoms in total. The molecule has 12 heterocycles. The molecule has 0 atom stereocenters. The first-order valence-electron chi connectivity index (χ1n) is 28.6. The average Bonchev–Trinajstić information content (AvgIpc) is 4.47. The van der Waals surface area contributed by atoms with Crippen molar-refractivity contribution < 1.29 is 33.9 Å². The van der Waals surface area contributed by atoms with Gasteiger partial charge in [-0.15, -0.1) is 0 Å². The molecule has 0 radical (unpaired) electrons. The Morgan fingerprint density at radius 3 is 1.42 bits per heavy atom. The molecule has 88 heavy (non-hydrogen) atoms. The van der Waals surface area contributed by atoms with E-state index >= 15 is 0 Å². The predicted octanol–water partition coefficient (Wildman–Crippen LogP) is 8.82. The Bertz CT molecular complexity index is 3750. The van der Waals surface area contributed by atoms with E-state index in [1.54, 1.807) is 76.1 Å². The number of benzene rings is 1. The van der Waals surface area contributed by atoms with Gasteiger partial charge in [-0.05, 0) is 130 Å². The molecule has 4 aliphatic heterocycles. The average molecular weight is 1280 g/mol. The number of hydrogen-bond acceptors (Lipinski definition) is 16. The standard InChI is InChI=1S/C18H16ClN5O.C16H20N4O2.C11H16BrN3O2.C11H12N4.C5H6BNO2/c19-13-2-1-3-14(10-13)21-18(25)24-9-6-16-15(11-24)17(23-22-16)12-4-7-20-8-5-12;1-16(2,3)22-15(21)20-9-6-13-12(10-20)14(19-18-13)11-4-7-17-8-5-11;1-11(2,3)17-10(16)15-5-4-8-7(6-15)9(12)14-13-8;1-4-12-5-2-8(1)11-9-7-13-6-3-10(9)14-15-11;8-6(9)5-1-3-7-4-2-5/h1-5,7-8,10H,6,9,11H2,(H,21,25)(H,22,23);4-5,7-8H,6,9-10H2,1-3H3,(H,18,19);4-6H2,1-3H3,(H,13,14);1-2,4-5,13H,3,6-7H2,(H,14,15);1-4,8-9H. The fourth-order valence-electron chi connectivity index (χ4n) is 9.76. The summed E-state index contributed by atoms with van der Waals surface area (Å²) in [5, 5.41) is 53.5. The van der Waals surface area contributed by atoms with Crippen molar-refractivity contribution in [3.05, 3.63) is 177 Å².